The summed E-state index contributed by atoms with van der Waals surface area (Å²) in [5.41, 5.74) is 8.10. The van der Waals surface area contributed by atoms with Crippen LogP contribution >= 0.6 is 0 Å². The second-order valence-electron chi connectivity index (χ2n) is 7.50. The van der Waals surface area contributed by atoms with Gasteiger partial charge in [0.05, 0.1) is 0 Å². The lowest BCUT2D eigenvalue weighted by Gasteiger charge is -2.10. The van der Waals surface area contributed by atoms with Crippen LogP contribution in [0.2, 0.25) is 0 Å². The average Bonchev–Trinajstić information content (AvgIpc) is 2.76. The summed E-state index contributed by atoms with van der Waals surface area (Å²) in [5.74, 6) is 0. The van der Waals surface area contributed by atoms with Crippen molar-refractivity contribution in [3.05, 3.63) is 149 Å². The molecule has 0 heteroatoms. The molecule has 142 valence electrons. The first-order valence-electron chi connectivity index (χ1n) is 10.3. The Bertz CT molecular complexity index is 985. The van der Waals surface area contributed by atoms with Crippen molar-refractivity contribution in [2.75, 3.05) is 0 Å². The van der Waals surface area contributed by atoms with Gasteiger partial charge >= 0.3 is 0 Å². The Morgan fingerprint density at radius 3 is 1.41 bits per heavy atom. The summed E-state index contributed by atoms with van der Waals surface area (Å²) in [5, 5.41) is 0. The van der Waals surface area contributed by atoms with Crippen molar-refractivity contribution in [1.82, 2.24) is 0 Å². The summed E-state index contributed by atoms with van der Waals surface area (Å²) in [6.45, 7) is 0. The molecule has 4 rings (SSSR count). The molecular weight excluding hydrogens is 348 g/mol. The molecule has 0 amide bonds. The zero-order chi connectivity index (χ0) is 19.7. The van der Waals surface area contributed by atoms with Crippen molar-refractivity contribution in [3.63, 3.8) is 0 Å². The van der Waals surface area contributed by atoms with E-state index in [0.717, 1.165) is 19.3 Å². The van der Waals surface area contributed by atoms with Gasteiger partial charge < -0.3 is 0 Å². The van der Waals surface area contributed by atoms with Gasteiger partial charge in [-0.05, 0) is 52.6 Å². The van der Waals surface area contributed by atoms with Gasteiger partial charge in [0.1, 0.15) is 0 Å². The van der Waals surface area contributed by atoms with Gasteiger partial charge in [-0.1, -0.05) is 121 Å². The number of hydrogen-bond acceptors (Lipinski definition) is 0. The van der Waals surface area contributed by atoms with Crippen molar-refractivity contribution >= 4 is 6.08 Å². The topological polar surface area (TPSA) is 0 Å². The molecule has 0 aliphatic rings. The van der Waals surface area contributed by atoms with Crippen LogP contribution in [0.5, 0.6) is 0 Å². The number of allylic oxidation sites excluding steroid dienone is 1. The maximum absolute atomic E-state index is 2.37. The fourth-order valence-corrected chi connectivity index (χ4v) is 3.72. The molecule has 0 saturated heterocycles. The van der Waals surface area contributed by atoms with Crippen molar-refractivity contribution in [3.8, 4) is 0 Å². The average molecular weight is 375 g/mol. The highest BCUT2D eigenvalue weighted by molar-refractivity contribution is 5.49. The predicted octanol–water partition coefficient (Wildman–Crippen LogP) is 7.12. The molecule has 0 aromatic heterocycles. The highest BCUT2D eigenvalue weighted by Gasteiger charge is 2.04. The molecule has 0 radical (unpaired) electrons. The van der Waals surface area contributed by atoms with Crippen LogP contribution in [0.1, 0.15) is 33.4 Å². The Morgan fingerprint density at radius 1 is 0.448 bits per heavy atom. The Balaban J connectivity index is 1.57. The van der Waals surface area contributed by atoms with Gasteiger partial charge in [-0.25, -0.2) is 0 Å². The maximum Gasteiger partial charge on any atom is -0.00256 e. The van der Waals surface area contributed by atoms with Gasteiger partial charge in [0, 0.05) is 0 Å². The van der Waals surface area contributed by atoms with Crippen LogP contribution < -0.4 is 0 Å². The lowest BCUT2D eigenvalue weighted by molar-refractivity contribution is 1.11. The summed E-state index contributed by atoms with van der Waals surface area (Å²) in [6, 6.07) is 39.0. The van der Waals surface area contributed by atoms with Gasteiger partial charge in [-0.2, -0.15) is 0 Å². The molecule has 0 fully saturated rings. The molecule has 0 spiro atoms. The van der Waals surface area contributed by atoms with E-state index in [4.69, 9.17) is 0 Å². The zero-order valence-electron chi connectivity index (χ0n) is 16.7. The maximum atomic E-state index is 2.37. The molecule has 0 bridgehead atoms. The first kappa shape index (κ1) is 19.0. The molecule has 4 aromatic rings. The lowest BCUT2D eigenvalue weighted by atomic mass is 9.95. The molecule has 0 heterocycles. The van der Waals surface area contributed by atoms with E-state index in [1.165, 1.54) is 33.4 Å². The summed E-state index contributed by atoms with van der Waals surface area (Å²) < 4.78 is 0. The van der Waals surface area contributed by atoms with E-state index in [0.29, 0.717) is 0 Å². The molecule has 0 aliphatic carbocycles. The van der Waals surface area contributed by atoms with Crippen LogP contribution in [-0.2, 0) is 19.3 Å². The third kappa shape index (κ3) is 5.80. The zero-order valence-corrected chi connectivity index (χ0v) is 16.7. The Hall–Kier alpha value is -3.38. The minimum absolute atomic E-state index is 0.944. The Kier molecular flexibility index (Phi) is 6.34. The molecule has 0 aliphatic heterocycles. The molecule has 0 N–H and O–H groups in total. The van der Waals surface area contributed by atoms with Crippen LogP contribution in [0.3, 0.4) is 0 Å². The molecule has 0 atom stereocenters. The van der Waals surface area contributed by atoms with Gasteiger partial charge in [0.2, 0.25) is 0 Å². The Morgan fingerprint density at radius 2 is 0.897 bits per heavy atom. The van der Waals surface area contributed by atoms with E-state index in [2.05, 4.69) is 121 Å². The first-order chi connectivity index (χ1) is 14.3. The minimum Gasteiger partial charge on any atom is -0.0795 e. The smallest absolute Gasteiger partial charge is 0.00256 e. The molecular formula is C29H26. The molecule has 0 nitrogen and oxygen atoms in total. The summed E-state index contributed by atoms with van der Waals surface area (Å²) in [6.07, 6.45) is 7.36. The number of benzene rings is 4. The van der Waals surface area contributed by atoms with Crippen LogP contribution in [0.15, 0.2) is 115 Å². The van der Waals surface area contributed by atoms with Crippen LogP contribution in [0.25, 0.3) is 6.08 Å². The van der Waals surface area contributed by atoms with Crippen LogP contribution in [0, 0.1) is 0 Å². The normalized spacial score (nSPS) is 11.0. The second kappa shape index (κ2) is 9.71. The largest absolute Gasteiger partial charge is 0.0795 e. The number of hydrogen-bond donors (Lipinski definition) is 0. The standard InChI is InChI=1S/C29H26/c1-4-11-24(12-5-1)17-10-18-27-21-28(19-25-13-6-2-7-14-25)23-29(22-27)20-26-15-8-3-9-16-26/h1-17,21-23H,18-20H2. The third-order valence-corrected chi connectivity index (χ3v) is 5.08. The fraction of sp³-hybridized carbons (Fsp3) is 0.103. The van der Waals surface area contributed by atoms with E-state index in [1.54, 1.807) is 0 Å². The highest BCUT2D eigenvalue weighted by Crippen LogP contribution is 2.19. The SMILES string of the molecule is C(=Cc1ccccc1)Cc1cc(Cc2ccccc2)cc(Cc2ccccc2)c1. The third-order valence-electron chi connectivity index (χ3n) is 5.08. The minimum atomic E-state index is 0.944. The summed E-state index contributed by atoms with van der Waals surface area (Å²) >= 11 is 0. The summed E-state index contributed by atoms with van der Waals surface area (Å²) in [4.78, 5) is 0. The quantitative estimate of drug-likeness (QED) is 0.323. The van der Waals surface area contributed by atoms with E-state index in [9.17, 15) is 0 Å². The van der Waals surface area contributed by atoms with Gasteiger partial charge in [0.15, 0.2) is 0 Å². The van der Waals surface area contributed by atoms with Gasteiger partial charge in [-0.15, -0.1) is 0 Å². The molecule has 29 heavy (non-hydrogen) atoms. The van der Waals surface area contributed by atoms with E-state index in [-0.39, 0.29) is 0 Å². The Labute approximate surface area is 174 Å². The monoisotopic (exact) mass is 374 g/mol. The van der Waals surface area contributed by atoms with E-state index < -0.39 is 0 Å². The fourth-order valence-electron chi connectivity index (χ4n) is 3.72. The number of rotatable bonds is 7. The molecule has 0 saturated carbocycles. The highest BCUT2D eigenvalue weighted by atomic mass is 14.1. The van der Waals surface area contributed by atoms with E-state index in [1.807, 2.05) is 0 Å². The van der Waals surface area contributed by atoms with Crippen molar-refractivity contribution in [2.45, 2.75) is 19.3 Å². The summed E-state index contributed by atoms with van der Waals surface area (Å²) in [7, 11) is 0. The van der Waals surface area contributed by atoms with Crippen molar-refractivity contribution in [1.29, 1.82) is 0 Å². The van der Waals surface area contributed by atoms with E-state index >= 15 is 0 Å². The van der Waals surface area contributed by atoms with Crippen molar-refractivity contribution in [2.24, 2.45) is 0 Å². The second-order valence-corrected chi connectivity index (χ2v) is 7.50. The predicted molar refractivity (Wildman–Crippen MR) is 124 cm³/mol. The van der Waals surface area contributed by atoms with Gasteiger partial charge in [-0.3, -0.25) is 0 Å². The first-order valence-corrected chi connectivity index (χ1v) is 10.3. The van der Waals surface area contributed by atoms with Crippen LogP contribution in [-0.4, -0.2) is 0 Å². The van der Waals surface area contributed by atoms with Crippen LogP contribution in [0.4, 0.5) is 0 Å². The molecule has 0 unspecified atom stereocenters. The lowest BCUT2D eigenvalue weighted by Crippen LogP contribution is -1.96. The molecule has 4 aromatic carbocycles. The van der Waals surface area contributed by atoms with Crippen molar-refractivity contribution < 1.29 is 0 Å². The van der Waals surface area contributed by atoms with Gasteiger partial charge in [0.25, 0.3) is 0 Å².